The van der Waals surface area contributed by atoms with Crippen LogP contribution in [0.25, 0.3) is 0 Å². The summed E-state index contributed by atoms with van der Waals surface area (Å²) in [6, 6.07) is 3.64. The number of pyridine rings is 1. The van der Waals surface area contributed by atoms with E-state index in [0.29, 0.717) is 18.8 Å². The second-order valence-corrected chi connectivity index (χ2v) is 4.26. The molecule has 0 aromatic carbocycles. The first-order chi connectivity index (χ1) is 7.63. The number of carbonyl (C=O) groups excluding carboxylic acids is 1. The molecule has 0 unspecified atom stereocenters. The van der Waals surface area contributed by atoms with E-state index in [1.54, 1.807) is 13.2 Å². The highest BCUT2D eigenvalue weighted by atomic mass is 79.9. The van der Waals surface area contributed by atoms with Crippen LogP contribution in [-0.2, 0) is 9.53 Å². The van der Waals surface area contributed by atoms with Crippen LogP contribution in [0.2, 0.25) is 0 Å². The van der Waals surface area contributed by atoms with Crippen LogP contribution in [0.5, 0.6) is 0 Å². The van der Waals surface area contributed by atoms with Gasteiger partial charge in [0.2, 0.25) is 5.91 Å². The van der Waals surface area contributed by atoms with Gasteiger partial charge in [-0.1, -0.05) is 0 Å². The molecule has 0 atom stereocenters. The fourth-order valence-electron chi connectivity index (χ4n) is 1.20. The van der Waals surface area contributed by atoms with E-state index in [-0.39, 0.29) is 5.91 Å². The SMILES string of the molecule is COCCCC(=O)Nc1ccc(Br)c(C)n1. The van der Waals surface area contributed by atoms with Gasteiger partial charge in [0.25, 0.3) is 0 Å². The van der Waals surface area contributed by atoms with E-state index in [1.807, 2.05) is 13.0 Å². The van der Waals surface area contributed by atoms with Crippen LogP contribution in [0.4, 0.5) is 5.82 Å². The van der Waals surface area contributed by atoms with Crippen LogP contribution in [-0.4, -0.2) is 24.6 Å². The molecule has 1 amide bonds. The summed E-state index contributed by atoms with van der Waals surface area (Å²) in [6.45, 7) is 2.48. The van der Waals surface area contributed by atoms with Gasteiger partial charge in [-0.3, -0.25) is 4.79 Å². The van der Waals surface area contributed by atoms with Crippen LogP contribution in [0.15, 0.2) is 16.6 Å². The minimum atomic E-state index is -0.0359. The predicted molar refractivity (Wildman–Crippen MR) is 66.4 cm³/mol. The zero-order valence-electron chi connectivity index (χ0n) is 9.42. The zero-order valence-corrected chi connectivity index (χ0v) is 11.0. The van der Waals surface area contributed by atoms with E-state index >= 15 is 0 Å². The third kappa shape index (κ3) is 4.28. The number of methoxy groups -OCH3 is 1. The summed E-state index contributed by atoms with van der Waals surface area (Å²) >= 11 is 3.36. The highest BCUT2D eigenvalue weighted by Gasteiger charge is 2.04. The molecular weight excluding hydrogens is 272 g/mol. The van der Waals surface area contributed by atoms with Crippen molar-refractivity contribution in [2.75, 3.05) is 19.0 Å². The lowest BCUT2D eigenvalue weighted by molar-refractivity contribution is -0.116. The third-order valence-electron chi connectivity index (χ3n) is 2.04. The lowest BCUT2D eigenvalue weighted by Crippen LogP contribution is -2.13. The molecule has 1 aromatic heterocycles. The Bertz CT molecular complexity index is 369. The van der Waals surface area contributed by atoms with Crippen LogP contribution < -0.4 is 5.32 Å². The average molecular weight is 287 g/mol. The van der Waals surface area contributed by atoms with Crippen LogP contribution >= 0.6 is 15.9 Å². The number of halogens is 1. The Kier molecular flexibility index (Phi) is 5.42. The molecule has 1 N–H and O–H groups in total. The van der Waals surface area contributed by atoms with E-state index in [1.165, 1.54) is 0 Å². The van der Waals surface area contributed by atoms with Crippen molar-refractivity contribution in [3.63, 3.8) is 0 Å². The van der Waals surface area contributed by atoms with Crippen molar-refractivity contribution in [3.8, 4) is 0 Å². The molecule has 0 aliphatic carbocycles. The Hall–Kier alpha value is -0.940. The highest BCUT2D eigenvalue weighted by molar-refractivity contribution is 9.10. The van der Waals surface area contributed by atoms with Crippen molar-refractivity contribution in [3.05, 3.63) is 22.3 Å². The number of rotatable bonds is 5. The molecule has 0 saturated heterocycles. The Labute approximate surface area is 104 Å². The smallest absolute Gasteiger partial charge is 0.225 e. The van der Waals surface area contributed by atoms with Gasteiger partial charge in [-0.2, -0.15) is 0 Å². The van der Waals surface area contributed by atoms with Gasteiger partial charge >= 0.3 is 0 Å². The first-order valence-electron chi connectivity index (χ1n) is 5.05. The second-order valence-electron chi connectivity index (χ2n) is 3.41. The van der Waals surface area contributed by atoms with Crippen LogP contribution in [0.3, 0.4) is 0 Å². The molecule has 16 heavy (non-hydrogen) atoms. The molecule has 0 aliphatic heterocycles. The van der Waals surface area contributed by atoms with Crippen molar-refractivity contribution in [1.29, 1.82) is 0 Å². The van der Waals surface area contributed by atoms with Crippen molar-refractivity contribution in [2.45, 2.75) is 19.8 Å². The summed E-state index contributed by atoms with van der Waals surface area (Å²) in [5.41, 5.74) is 0.856. The van der Waals surface area contributed by atoms with E-state index < -0.39 is 0 Å². The Morgan fingerprint density at radius 2 is 2.31 bits per heavy atom. The first kappa shape index (κ1) is 13.1. The number of nitrogens with zero attached hydrogens (tertiary/aromatic N) is 1. The summed E-state index contributed by atoms with van der Waals surface area (Å²) in [5, 5.41) is 2.74. The van der Waals surface area contributed by atoms with Gasteiger partial charge in [0.1, 0.15) is 5.82 Å². The summed E-state index contributed by atoms with van der Waals surface area (Å²) in [6.07, 6.45) is 1.17. The number of amides is 1. The molecule has 4 nitrogen and oxygen atoms in total. The number of hydrogen-bond donors (Lipinski definition) is 1. The van der Waals surface area contributed by atoms with E-state index in [2.05, 4.69) is 26.2 Å². The van der Waals surface area contributed by atoms with Crippen molar-refractivity contribution in [2.24, 2.45) is 0 Å². The van der Waals surface area contributed by atoms with Gasteiger partial charge in [-0.05, 0) is 41.4 Å². The molecule has 0 radical (unpaired) electrons. The summed E-state index contributed by atoms with van der Waals surface area (Å²) < 4.78 is 5.81. The molecule has 0 fully saturated rings. The van der Waals surface area contributed by atoms with Crippen LogP contribution in [0, 0.1) is 6.92 Å². The standard InChI is InChI=1S/C11H15BrN2O2/c1-8-9(12)5-6-10(13-8)14-11(15)4-3-7-16-2/h5-6H,3-4,7H2,1-2H3,(H,13,14,15). The average Bonchev–Trinajstić information content (AvgIpc) is 2.24. The lowest BCUT2D eigenvalue weighted by atomic mass is 10.3. The van der Waals surface area contributed by atoms with Crippen molar-refractivity contribution in [1.82, 2.24) is 4.98 Å². The third-order valence-corrected chi connectivity index (χ3v) is 2.88. The Morgan fingerprint density at radius 3 is 2.94 bits per heavy atom. The van der Waals surface area contributed by atoms with Crippen LogP contribution in [0.1, 0.15) is 18.5 Å². The molecule has 0 bridgehead atoms. The number of aryl methyl sites for hydroxylation is 1. The van der Waals surface area contributed by atoms with Gasteiger partial charge in [0, 0.05) is 24.6 Å². The van der Waals surface area contributed by atoms with Crippen molar-refractivity contribution >= 4 is 27.7 Å². The molecule has 1 aromatic rings. The number of ether oxygens (including phenoxy) is 1. The first-order valence-corrected chi connectivity index (χ1v) is 5.84. The minimum absolute atomic E-state index is 0.0359. The molecule has 5 heteroatoms. The minimum Gasteiger partial charge on any atom is -0.385 e. The maximum Gasteiger partial charge on any atom is 0.225 e. The quantitative estimate of drug-likeness (QED) is 0.847. The van der Waals surface area contributed by atoms with Gasteiger partial charge in [0.05, 0.1) is 5.69 Å². The largest absolute Gasteiger partial charge is 0.385 e. The maximum atomic E-state index is 11.5. The number of carbonyl (C=O) groups is 1. The predicted octanol–water partition coefficient (Wildman–Crippen LogP) is 2.52. The zero-order chi connectivity index (χ0) is 12.0. The molecule has 88 valence electrons. The van der Waals surface area contributed by atoms with E-state index in [0.717, 1.165) is 16.6 Å². The normalized spacial score (nSPS) is 10.2. The molecule has 0 spiro atoms. The van der Waals surface area contributed by atoms with Crippen molar-refractivity contribution < 1.29 is 9.53 Å². The van der Waals surface area contributed by atoms with Gasteiger partial charge < -0.3 is 10.1 Å². The monoisotopic (exact) mass is 286 g/mol. The Balaban J connectivity index is 2.46. The fourth-order valence-corrected chi connectivity index (χ4v) is 1.42. The van der Waals surface area contributed by atoms with Gasteiger partial charge in [0.15, 0.2) is 0 Å². The molecule has 1 heterocycles. The summed E-state index contributed by atoms with van der Waals surface area (Å²) in [4.78, 5) is 15.7. The maximum absolute atomic E-state index is 11.5. The molecule has 1 rings (SSSR count). The topological polar surface area (TPSA) is 51.2 Å². The molecular formula is C11H15BrN2O2. The number of hydrogen-bond acceptors (Lipinski definition) is 3. The number of anilines is 1. The molecule has 0 saturated carbocycles. The van der Waals surface area contributed by atoms with Gasteiger partial charge in [-0.15, -0.1) is 0 Å². The number of aromatic nitrogens is 1. The van der Waals surface area contributed by atoms with E-state index in [4.69, 9.17) is 4.74 Å². The lowest BCUT2D eigenvalue weighted by Gasteiger charge is -2.05. The van der Waals surface area contributed by atoms with Gasteiger partial charge in [-0.25, -0.2) is 4.98 Å². The summed E-state index contributed by atoms with van der Waals surface area (Å²) in [7, 11) is 1.62. The van der Waals surface area contributed by atoms with E-state index in [9.17, 15) is 4.79 Å². The fraction of sp³-hybridized carbons (Fsp3) is 0.455. The Morgan fingerprint density at radius 1 is 1.56 bits per heavy atom. The second kappa shape index (κ2) is 6.60. The highest BCUT2D eigenvalue weighted by Crippen LogP contribution is 2.16. The summed E-state index contributed by atoms with van der Waals surface area (Å²) in [5.74, 6) is 0.550. The number of nitrogens with one attached hydrogen (secondary N) is 1. The molecule has 0 aliphatic rings.